The van der Waals surface area contributed by atoms with Gasteiger partial charge in [-0.15, -0.1) is 0 Å². The SMILES string of the molecule is CCOC(=O)/C=C/c1cc(Br)c(Oc2ccc(N)cc2)c(Br)c1. The third kappa shape index (κ3) is 5.11. The third-order valence-electron chi connectivity index (χ3n) is 2.82. The average Bonchev–Trinajstić information content (AvgIpc) is 2.51. The van der Waals surface area contributed by atoms with Crippen molar-refractivity contribution in [1.82, 2.24) is 0 Å². The molecule has 6 heteroatoms. The molecule has 0 radical (unpaired) electrons. The first kappa shape index (κ1) is 17.6. The molecule has 4 nitrogen and oxygen atoms in total. The van der Waals surface area contributed by atoms with E-state index in [1.165, 1.54) is 6.08 Å². The van der Waals surface area contributed by atoms with Crippen LogP contribution in [-0.4, -0.2) is 12.6 Å². The van der Waals surface area contributed by atoms with Crippen LogP contribution < -0.4 is 10.5 Å². The van der Waals surface area contributed by atoms with Crippen molar-refractivity contribution in [3.8, 4) is 11.5 Å². The van der Waals surface area contributed by atoms with Crippen molar-refractivity contribution in [3.05, 3.63) is 57.0 Å². The molecule has 2 aromatic rings. The van der Waals surface area contributed by atoms with Crippen LogP contribution in [0.1, 0.15) is 12.5 Å². The summed E-state index contributed by atoms with van der Waals surface area (Å²) in [7, 11) is 0. The van der Waals surface area contributed by atoms with Crippen molar-refractivity contribution in [3.63, 3.8) is 0 Å². The second-order valence-electron chi connectivity index (χ2n) is 4.57. The molecule has 0 aliphatic carbocycles. The maximum atomic E-state index is 11.4. The summed E-state index contributed by atoms with van der Waals surface area (Å²) >= 11 is 6.96. The fourth-order valence-corrected chi connectivity index (χ4v) is 3.17. The minimum atomic E-state index is -0.373. The molecule has 0 amide bonds. The van der Waals surface area contributed by atoms with Crippen LogP contribution in [0.15, 0.2) is 51.4 Å². The van der Waals surface area contributed by atoms with Crippen LogP contribution in [-0.2, 0) is 9.53 Å². The number of nitrogens with two attached hydrogens (primary N) is 1. The Bertz CT molecular complexity index is 704. The number of anilines is 1. The van der Waals surface area contributed by atoms with Crippen molar-refractivity contribution in [2.75, 3.05) is 12.3 Å². The van der Waals surface area contributed by atoms with Crippen molar-refractivity contribution in [2.24, 2.45) is 0 Å². The van der Waals surface area contributed by atoms with E-state index in [-0.39, 0.29) is 5.97 Å². The van der Waals surface area contributed by atoms with E-state index in [0.29, 0.717) is 23.8 Å². The summed E-state index contributed by atoms with van der Waals surface area (Å²) in [5.41, 5.74) is 7.17. The van der Waals surface area contributed by atoms with E-state index >= 15 is 0 Å². The number of ether oxygens (including phenoxy) is 2. The molecule has 23 heavy (non-hydrogen) atoms. The highest BCUT2D eigenvalue weighted by Crippen LogP contribution is 2.38. The highest BCUT2D eigenvalue weighted by atomic mass is 79.9. The molecular formula is C17H15Br2NO3. The van der Waals surface area contributed by atoms with Gasteiger partial charge in [0.25, 0.3) is 0 Å². The number of halogens is 2. The van der Waals surface area contributed by atoms with Crippen molar-refractivity contribution in [2.45, 2.75) is 6.92 Å². The molecule has 0 aliphatic rings. The smallest absolute Gasteiger partial charge is 0.330 e. The Hall–Kier alpha value is -1.79. The van der Waals surface area contributed by atoms with Gasteiger partial charge in [-0.25, -0.2) is 4.79 Å². The second kappa shape index (κ2) is 8.17. The van der Waals surface area contributed by atoms with Crippen molar-refractivity contribution in [1.29, 1.82) is 0 Å². The highest BCUT2D eigenvalue weighted by Gasteiger charge is 2.10. The maximum absolute atomic E-state index is 11.4. The Balaban J connectivity index is 2.20. The normalized spacial score (nSPS) is 10.7. The summed E-state index contributed by atoms with van der Waals surface area (Å²) in [5.74, 6) is 0.945. The molecule has 2 rings (SSSR count). The van der Waals surface area contributed by atoms with Gasteiger partial charge < -0.3 is 15.2 Å². The molecule has 120 valence electrons. The van der Waals surface area contributed by atoms with Crippen LogP contribution in [0.2, 0.25) is 0 Å². The van der Waals surface area contributed by atoms with E-state index < -0.39 is 0 Å². The minimum absolute atomic E-state index is 0.352. The van der Waals surface area contributed by atoms with Gasteiger partial charge in [0.2, 0.25) is 0 Å². The molecule has 0 saturated heterocycles. The summed E-state index contributed by atoms with van der Waals surface area (Å²) in [6.45, 7) is 2.12. The van der Waals surface area contributed by atoms with Crippen LogP contribution in [0.3, 0.4) is 0 Å². The Morgan fingerprint density at radius 2 is 1.78 bits per heavy atom. The Kier molecular flexibility index (Phi) is 6.24. The third-order valence-corrected chi connectivity index (χ3v) is 4.00. The van der Waals surface area contributed by atoms with Gasteiger partial charge in [0.15, 0.2) is 5.75 Å². The largest absolute Gasteiger partial charge is 0.463 e. The number of benzene rings is 2. The molecule has 0 unspecified atom stereocenters. The number of nitrogen functional groups attached to an aromatic ring is 1. The molecule has 0 atom stereocenters. The fraction of sp³-hybridized carbons (Fsp3) is 0.118. The lowest BCUT2D eigenvalue weighted by Crippen LogP contribution is -1.98. The standard InChI is InChI=1S/C17H15Br2NO3/c1-2-22-16(21)8-3-11-9-14(18)17(15(19)10-11)23-13-6-4-12(20)5-7-13/h3-10H,2,20H2,1H3/b8-3+. The second-order valence-corrected chi connectivity index (χ2v) is 6.28. The summed E-state index contributed by atoms with van der Waals surface area (Å²) in [6, 6.07) is 10.8. The molecular weight excluding hydrogens is 426 g/mol. The Morgan fingerprint density at radius 3 is 2.35 bits per heavy atom. The summed E-state index contributed by atoms with van der Waals surface area (Å²) < 4.78 is 12.2. The molecule has 0 spiro atoms. The highest BCUT2D eigenvalue weighted by molar-refractivity contribution is 9.11. The van der Waals surface area contributed by atoms with Gasteiger partial charge >= 0.3 is 5.97 Å². The zero-order chi connectivity index (χ0) is 16.8. The zero-order valence-electron chi connectivity index (χ0n) is 12.4. The predicted octanol–water partition coefficient (Wildman–Crippen LogP) is 5.16. The van der Waals surface area contributed by atoms with Gasteiger partial charge in [-0.3, -0.25) is 0 Å². The Morgan fingerprint density at radius 1 is 1.17 bits per heavy atom. The van der Waals surface area contributed by atoms with Crippen LogP contribution >= 0.6 is 31.9 Å². The first-order valence-electron chi connectivity index (χ1n) is 6.87. The predicted molar refractivity (Wildman–Crippen MR) is 98.4 cm³/mol. The molecule has 0 aliphatic heterocycles. The van der Waals surface area contributed by atoms with E-state index in [4.69, 9.17) is 15.2 Å². The summed E-state index contributed by atoms with van der Waals surface area (Å²) in [6.07, 6.45) is 3.07. The summed E-state index contributed by atoms with van der Waals surface area (Å²) in [5, 5.41) is 0. The molecule has 0 fully saturated rings. The molecule has 0 aromatic heterocycles. The number of esters is 1. The van der Waals surface area contributed by atoms with Crippen LogP contribution in [0, 0.1) is 0 Å². The van der Waals surface area contributed by atoms with Gasteiger partial charge in [0, 0.05) is 11.8 Å². The lowest BCUT2D eigenvalue weighted by molar-refractivity contribution is -0.137. The van der Waals surface area contributed by atoms with Gasteiger partial charge in [-0.05, 0) is 86.8 Å². The number of hydrogen-bond donors (Lipinski definition) is 1. The van der Waals surface area contributed by atoms with E-state index in [2.05, 4.69) is 31.9 Å². The van der Waals surface area contributed by atoms with Gasteiger partial charge in [0.1, 0.15) is 5.75 Å². The van der Waals surface area contributed by atoms with Gasteiger partial charge in [0.05, 0.1) is 15.6 Å². The molecule has 2 aromatic carbocycles. The number of carbonyl (C=O) groups is 1. The van der Waals surface area contributed by atoms with E-state index in [0.717, 1.165) is 14.5 Å². The van der Waals surface area contributed by atoms with E-state index in [1.807, 2.05) is 12.1 Å². The van der Waals surface area contributed by atoms with E-state index in [9.17, 15) is 4.79 Å². The number of hydrogen-bond acceptors (Lipinski definition) is 4. The van der Waals surface area contributed by atoms with Crippen molar-refractivity contribution < 1.29 is 14.3 Å². The van der Waals surface area contributed by atoms with Crippen LogP contribution in [0.4, 0.5) is 5.69 Å². The molecule has 0 bridgehead atoms. The topological polar surface area (TPSA) is 61.5 Å². The number of carbonyl (C=O) groups excluding carboxylic acids is 1. The zero-order valence-corrected chi connectivity index (χ0v) is 15.6. The van der Waals surface area contributed by atoms with Crippen molar-refractivity contribution >= 4 is 49.6 Å². The lowest BCUT2D eigenvalue weighted by atomic mass is 10.2. The number of rotatable bonds is 5. The quantitative estimate of drug-likeness (QED) is 0.396. The van der Waals surface area contributed by atoms with Crippen LogP contribution in [0.5, 0.6) is 11.5 Å². The fourth-order valence-electron chi connectivity index (χ4n) is 1.78. The summed E-state index contributed by atoms with van der Waals surface area (Å²) in [4.78, 5) is 11.4. The van der Waals surface area contributed by atoms with E-state index in [1.54, 1.807) is 37.3 Å². The monoisotopic (exact) mass is 439 g/mol. The maximum Gasteiger partial charge on any atom is 0.330 e. The average molecular weight is 441 g/mol. The lowest BCUT2D eigenvalue weighted by Gasteiger charge is -2.11. The molecule has 0 saturated carbocycles. The molecule has 0 heterocycles. The van der Waals surface area contributed by atoms with Gasteiger partial charge in [-0.2, -0.15) is 0 Å². The Labute approximate surface area is 151 Å². The first-order valence-corrected chi connectivity index (χ1v) is 8.45. The van der Waals surface area contributed by atoms with Crippen LogP contribution in [0.25, 0.3) is 6.08 Å². The molecule has 2 N–H and O–H groups in total. The van der Waals surface area contributed by atoms with Gasteiger partial charge in [-0.1, -0.05) is 0 Å². The minimum Gasteiger partial charge on any atom is -0.463 e. The first-order chi connectivity index (χ1) is 11.0.